The SMILES string of the molecule is Cl.Cl.NC1C2CCCC1CC(C(=O)Nc1ccccc1Cn1cncn1)C2. The second-order valence-corrected chi connectivity index (χ2v) is 7.44. The zero-order valence-corrected chi connectivity index (χ0v) is 16.8. The number of rotatable bonds is 4. The van der Waals surface area contributed by atoms with Crippen molar-refractivity contribution in [2.45, 2.75) is 44.7 Å². The van der Waals surface area contributed by atoms with Gasteiger partial charge in [0.1, 0.15) is 12.7 Å². The van der Waals surface area contributed by atoms with Crippen LogP contribution in [0.15, 0.2) is 36.9 Å². The molecule has 27 heavy (non-hydrogen) atoms. The number of hydrogen-bond acceptors (Lipinski definition) is 4. The Morgan fingerprint density at radius 1 is 1.19 bits per heavy atom. The summed E-state index contributed by atoms with van der Waals surface area (Å²) in [5, 5.41) is 7.30. The van der Waals surface area contributed by atoms with Crippen molar-refractivity contribution >= 4 is 36.4 Å². The van der Waals surface area contributed by atoms with E-state index in [4.69, 9.17) is 5.73 Å². The maximum absolute atomic E-state index is 12.9. The second-order valence-electron chi connectivity index (χ2n) is 7.44. The summed E-state index contributed by atoms with van der Waals surface area (Å²) in [5.74, 6) is 1.23. The second kappa shape index (κ2) is 9.53. The summed E-state index contributed by atoms with van der Waals surface area (Å²) in [6.07, 6.45) is 8.66. The number of fused-ring (bicyclic) bond motifs is 2. The molecule has 2 aliphatic rings. The van der Waals surface area contributed by atoms with Gasteiger partial charge in [-0.2, -0.15) is 5.10 Å². The van der Waals surface area contributed by atoms with Gasteiger partial charge in [-0.1, -0.05) is 24.6 Å². The Labute approximate surface area is 172 Å². The largest absolute Gasteiger partial charge is 0.327 e. The minimum Gasteiger partial charge on any atom is -0.327 e. The number of halogens is 2. The van der Waals surface area contributed by atoms with Crippen LogP contribution in [0, 0.1) is 17.8 Å². The Kier molecular flexibility index (Phi) is 7.65. The molecule has 2 fully saturated rings. The van der Waals surface area contributed by atoms with Gasteiger partial charge in [-0.25, -0.2) is 9.67 Å². The Morgan fingerprint density at radius 3 is 2.56 bits per heavy atom. The average molecular weight is 412 g/mol. The van der Waals surface area contributed by atoms with Gasteiger partial charge in [0, 0.05) is 17.6 Å². The first-order valence-electron chi connectivity index (χ1n) is 9.17. The molecule has 0 aliphatic heterocycles. The molecule has 0 saturated heterocycles. The number of para-hydroxylation sites is 1. The quantitative estimate of drug-likeness (QED) is 0.807. The van der Waals surface area contributed by atoms with Crippen molar-refractivity contribution in [3.63, 3.8) is 0 Å². The van der Waals surface area contributed by atoms with E-state index in [1.165, 1.54) is 25.6 Å². The van der Waals surface area contributed by atoms with Crippen LogP contribution in [0.4, 0.5) is 5.69 Å². The van der Waals surface area contributed by atoms with Crippen LogP contribution in [0.1, 0.15) is 37.7 Å². The van der Waals surface area contributed by atoms with Crippen molar-refractivity contribution in [1.82, 2.24) is 14.8 Å². The molecule has 1 aromatic carbocycles. The lowest BCUT2D eigenvalue weighted by atomic mass is 9.65. The van der Waals surface area contributed by atoms with Gasteiger partial charge in [-0.05, 0) is 49.1 Å². The zero-order chi connectivity index (χ0) is 17.2. The van der Waals surface area contributed by atoms with Crippen molar-refractivity contribution in [2.75, 3.05) is 5.32 Å². The van der Waals surface area contributed by atoms with Gasteiger partial charge in [0.15, 0.2) is 0 Å². The number of carbonyl (C=O) groups excluding carboxylic acids is 1. The predicted octanol–water partition coefficient (Wildman–Crippen LogP) is 3.26. The van der Waals surface area contributed by atoms with Crippen molar-refractivity contribution < 1.29 is 4.79 Å². The summed E-state index contributed by atoms with van der Waals surface area (Å²) in [7, 11) is 0. The highest BCUT2D eigenvalue weighted by Crippen LogP contribution is 2.42. The Morgan fingerprint density at radius 2 is 1.89 bits per heavy atom. The van der Waals surface area contributed by atoms with E-state index in [2.05, 4.69) is 15.4 Å². The predicted molar refractivity (Wildman–Crippen MR) is 110 cm³/mol. The number of anilines is 1. The molecule has 1 amide bonds. The van der Waals surface area contributed by atoms with Crippen LogP contribution in [0.25, 0.3) is 0 Å². The summed E-state index contributed by atoms with van der Waals surface area (Å²) >= 11 is 0. The summed E-state index contributed by atoms with van der Waals surface area (Å²) in [6.45, 7) is 0.594. The highest BCUT2D eigenvalue weighted by Gasteiger charge is 2.40. The maximum atomic E-state index is 12.9. The van der Waals surface area contributed by atoms with Crippen molar-refractivity contribution in [2.24, 2.45) is 23.5 Å². The van der Waals surface area contributed by atoms with E-state index >= 15 is 0 Å². The summed E-state index contributed by atoms with van der Waals surface area (Å²) in [5.41, 5.74) is 8.25. The molecule has 3 N–H and O–H groups in total. The van der Waals surface area contributed by atoms with E-state index in [9.17, 15) is 4.79 Å². The third-order valence-corrected chi connectivity index (χ3v) is 5.86. The molecule has 8 heteroatoms. The molecule has 4 rings (SSSR count). The number of hydrogen-bond donors (Lipinski definition) is 2. The lowest BCUT2D eigenvalue weighted by Crippen LogP contribution is -2.48. The first-order chi connectivity index (χ1) is 12.2. The molecular weight excluding hydrogens is 385 g/mol. The van der Waals surface area contributed by atoms with Crippen LogP contribution in [-0.2, 0) is 11.3 Å². The summed E-state index contributed by atoms with van der Waals surface area (Å²) < 4.78 is 1.76. The average Bonchev–Trinajstić information content (AvgIpc) is 3.09. The van der Waals surface area contributed by atoms with Gasteiger partial charge in [0.05, 0.1) is 6.54 Å². The molecule has 2 aliphatic carbocycles. The standard InChI is InChI=1S/C19H25N5O.2ClH/c20-18-13-5-3-6-14(18)9-16(8-13)19(25)23-17-7-2-1-4-15(17)10-24-12-21-11-22-24;;/h1-2,4,7,11-14,16,18H,3,5-6,8-10,20H2,(H,23,25);2*1H. The molecule has 6 nitrogen and oxygen atoms in total. The van der Waals surface area contributed by atoms with Crippen LogP contribution in [0.5, 0.6) is 0 Å². The molecule has 2 unspecified atom stereocenters. The summed E-state index contributed by atoms with van der Waals surface area (Å²) in [6, 6.07) is 8.19. The fourth-order valence-electron chi connectivity index (χ4n) is 4.51. The number of nitrogens with one attached hydrogen (secondary N) is 1. The van der Waals surface area contributed by atoms with Gasteiger partial charge in [-0.15, -0.1) is 24.8 Å². The number of benzene rings is 1. The van der Waals surface area contributed by atoms with Gasteiger partial charge in [0.2, 0.25) is 5.91 Å². The van der Waals surface area contributed by atoms with Crippen LogP contribution in [-0.4, -0.2) is 26.7 Å². The van der Waals surface area contributed by atoms with Crippen LogP contribution < -0.4 is 11.1 Å². The van der Waals surface area contributed by atoms with Gasteiger partial charge >= 0.3 is 0 Å². The molecule has 2 bridgehead atoms. The number of nitrogens with zero attached hydrogens (tertiary/aromatic N) is 3. The van der Waals surface area contributed by atoms with Crippen molar-refractivity contribution in [1.29, 1.82) is 0 Å². The molecule has 2 saturated carbocycles. The molecule has 2 aromatic rings. The van der Waals surface area contributed by atoms with E-state index in [1.807, 2.05) is 24.3 Å². The third-order valence-electron chi connectivity index (χ3n) is 5.86. The van der Waals surface area contributed by atoms with Gasteiger partial charge in [0.25, 0.3) is 0 Å². The number of nitrogens with two attached hydrogens (primary N) is 1. The first-order valence-corrected chi connectivity index (χ1v) is 9.17. The lowest BCUT2D eigenvalue weighted by molar-refractivity contribution is -0.122. The van der Waals surface area contributed by atoms with E-state index in [0.29, 0.717) is 18.4 Å². The minimum absolute atomic E-state index is 0. The van der Waals surface area contributed by atoms with E-state index in [-0.39, 0.29) is 42.7 Å². The van der Waals surface area contributed by atoms with Crippen molar-refractivity contribution in [3.8, 4) is 0 Å². The maximum Gasteiger partial charge on any atom is 0.227 e. The minimum atomic E-state index is 0. The molecule has 0 radical (unpaired) electrons. The fourth-order valence-corrected chi connectivity index (χ4v) is 4.51. The van der Waals surface area contributed by atoms with E-state index in [0.717, 1.165) is 24.1 Å². The smallest absolute Gasteiger partial charge is 0.227 e. The molecule has 1 heterocycles. The Bertz CT molecular complexity index is 725. The van der Waals surface area contributed by atoms with Gasteiger partial charge < -0.3 is 11.1 Å². The molecule has 1 aromatic heterocycles. The third kappa shape index (κ3) is 4.81. The molecule has 148 valence electrons. The van der Waals surface area contributed by atoms with Gasteiger partial charge in [-0.3, -0.25) is 4.79 Å². The topological polar surface area (TPSA) is 85.8 Å². The van der Waals surface area contributed by atoms with Crippen LogP contribution in [0.2, 0.25) is 0 Å². The lowest BCUT2D eigenvalue weighted by Gasteiger charge is -2.43. The number of aromatic nitrogens is 3. The zero-order valence-electron chi connectivity index (χ0n) is 15.2. The fraction of sp³-hybridized carbons (Fsp3) is 0.526. The van der Waals surface area contributed by atoms with E-state index < -0.39 is 0 Å². The highest BCUT2D eigenvalue weighted by atomic mass is 35.5. The van der Waals surface area contributed by atoms with Crippen molar-refractivity contribution in [3.05, 3.63) is 42.5 Å². The Hall–Kier alpha value is -1.63. The summed E-state index contributed by atoms with van der Waals surface area (Å²) in [4.78, 5) is 16.8. The molecule has 0 spiro atoms. The van der Waals surface area contributed by atoms with Crippen LogP contribution >= 0.6 is 24.8 Å². The first kappa shape index (κ1) is 21.7. The highest BCUT2D eigenvalue weighted by molar-refractivity contribution is 5.93. The molecule has 2 atom stereocenters. The number of amides is 1. The number of carbonyl (C=O) groups is 1. The van der Waals surface area contributed by atoms with E-state index in [1.54, 1.807) is 11.0 Å². The Balaban J connectivity index is 0.00000131. The normalized spacial score (nSPS) is 26.4. The monoisotopic (exact) mass is 411 g/mol. The molecular formula is C19H27Cl2N5O. The van der Waals surface area contributed by atoms with Crippen LogP contribution in [0.3, 0.4) is 0 Å².